The summed E-state index contributed by atoms with van der Waals surface area (Å²) in [7, 11) is 0. The number of benzene rings is 2. The molecule has 0 aromatic heterocycles. The van der Waals surface area contributed by atoms with E-state index in [1.807, 2.05) is 38.1 Å². The normalized spacial score (nSPS) is 13.1. The Labute approximate surface area is 159 Å². The van der Waals surface area contributed by atoms with Crippen LogP contribution < -0.4 is 10.6 Å². The summed E-state index contributed by atoms with van der Waals surface area (Å²) in [4.78, 5) is 12.0. The fraction of sp³-hybridized carbons (Fsp3) is 0.381. The lowest BCUT2D eigenvalue weighted by atomic mass is 10.1. The topological polar surface area (TPSA) is 102 Å². The lowest BCUT2D eigenvalue weighted by molar-refractivity contribution is -0.116. The van der Waals surface area contributed by atoms with Gasteiger partial charge in [-0.25, -0.2) is 0 Å². The van der Waals surface area contributed by atoms with Gasteiger partial charge in [-0.3, -0.25) is 4.79 Å². The van der Waals surface area contributed by atoms with Crippen LogP contribution in [0.2, 0.25) is 0 Å². The predicted octanol–water partition coefficient (Wildman–Crippen LogP) is 3.23. The molecule has 2 atom stereocenters. The molecule has 5 N–H and O–H groups in total. The van der Waals surface area contributed by atoms with Gasteiger partial charge in [0, 0.05) is 24.7 Å². The maximum Gasteiger partial charge on any atom is 0.224 e. The van der Waals surface area contributed by atoms with Crippen LogP contribution in [0.15, 0.2) is 42.5 Å². The summed E-state index contributed by atoms with van der Waals surface area (Å²) >= 11 is 0. The van der Waals surface area contributed by atoms with Gasteiger partial charge in [-0.05, 0) is 56.5 Å². The van der Waals surface area contributed by atoms with Crippen molar-refractivity contribution in [2.75, 3.05) is 11.9 Å². The van der Waals surface area contributed by atoms with Gasteiger partial charge in [-0.2, -0.15) is 0 Å². The third kappa shape index (κ3) is 6.92. The average Bonchev–Trinajstić information content (AvgIpc) is 2.64. The third-order valence-electron chi connectivity index (χ3n) is 4.42. The van der Waals surface area contributed by atoms with E-state index >= 15 is 0 Å². The van der Waals surface area contributed by atoms with E-state index in [0.29, 0.717) is 18.5 Å². The van der Waals surface area contributed by atoms with Crippen LogP contribution in [0.1, 0.15) is 43.4 Å². The Bertz CT molecular complexity index is 746. The van der Waals surface area contributed by atoms with Crippen molar-refractivity contribution < 1.29 is 20.1 Å². The van der Waals surface area contributed by atoms with Crippen molar-refractivity contribution in [3.05, 3.63) is 53.6 Å². The molecule has 6 heteroatoms. The molecule has 0 aliphatic heterocycles. The highest BCUT2D eigenvalue weighted by molar-refractivity contribution is 5.90. The molecule has 2 aromatic rings. The minimum atomic E-state index is -0.788. The van der Waals surface area contributed by atoms with E-state index in [2.05, 4.69) is 10.6 Å². The van der Waals surface area contributed by atoms with Gasteiger partial charge in [0.25, 0.3) is 0 Å². The van der Waals surface area contributed by atoms with Gasteiger partial charge in [0.05, 0.1) is 6.10 Å². The summed E-state index contributed by atoms with van der Waals surface area (Å²) in [5.74, 6) is -0.471. The second-order valence-corrected chi connectivity index (χ2v) is 6.88. The zero-order valence-corrected chi connectivity index (χ0v) is 15.8. The summed E-state index contributed by atoms with van der Waals surface area (Å²) in [6, 6.07) is 12.1. The quantitative estimate of drug-likeness (QED) is 0.435. The van der Waals surface area contributed by atoms with Crippen molar-refractivity contribution in [3.8, 4) is 11.5 Å². The standard InChI is InChI=1S/C21H28N2O4/c1-14-6-9-17(10-7-14)23-21(27)5-3-4-15(2)22-13-20(26)16-8-11-18(24)19(25)12-16/h6-12,15,20,22,24-26H,3-5,13H2,1-2H3,(H,23,27). The second-order valence-electron chi connectivity index (χ2n) is 6.88. The van der Waals surface area contributed by atoms with Crippen LogP contribution in [0.4, 0.5) is 5.69 Å². The number of carbonyl (C=O) groups excluding carboxylic acids is 1. The highest BCUT2D eigenvalue weighted by Gasteiger charge is 2.12. The molecule has 0 bridgehead atoms. The van der Waals surface area contributed by atoms with Crippen molar-refractivity contribution in [3.63, 3.8) is 0 Å². The van der Waals surface area contributed by atoms with Crippen LogP contribution >= 0.6 is 0 Å². The maximum absolute atomic E-state index is 12.0. The van der Waals surface area contributed by atoms with Crippen molar-refractivity contribution in [2.45, 2.75) is 45.3 Å². The molecule has 27 heavy (non-hydrogen) atoms. The van der Waals surface area contributed by atoms with Crippen molar-refractivity contribution in [2.24, 2.45) is 0 Å². The van der Waals surface area contributed by atoms with Crippen LogP contribution in [0, 0.1) is 6.92 Å². The van der Waals surface area contributed by atoms with Gasteiger partial charge in [0.15, 0.2) is 11.5 Å². The maximum atomic E-state index is 12.0. The van der Waals surface area contributed by atoms with E-state index in [0.717, 1.165) is 24.1 Å². The first kappa shape index (κ1) is 20.7. The van der Waals surface area contributed by atoms with Crippen LogP contribution in [0.5, 0.6) is 11.5 Å². The average molecular weight is 372 g/mol. The van der Waals surface area contributed by atoms with Crippen LogP contribution in [0.3, 0.4) is 0 Å². The van der Waals surface area contributed by atoms with Crippen LogP contribution in [-0.4, -0.2) is 33.8 Å². The number of rotatable bonds is 9. The van der Waals surface area contributed by atoms with Gasteiger partial charge in [0.1, 0.15) is 0 Å². The van der Waals surface area contributed by atoms with E-state index in [-0.39, 0.29) is 23.4 Å². The molecule has 2 rings (SSSR count). The molecule has 0 fully saturated rings. The molecule has 0 saturated heterocycles. The summed E-state index contributed by atoms with van der Waals surface area (Å²) in [6.45, 7) is 4.32. The first-order valence-corrected chi connectivity index (χ1v) is 9.15. The lowest BCUT2D eigenvalue weighted by Gasteiger charge is -2.17. The largest absolute Gasteiger partial charge is 0.504 e. The molecular formula is C21H28N2O4. The van der Waals surface area contributed by atoms with Gasteiger partial charge in [0.2, 0.25) is 5.91 Å². The van der Waals surface area contributed by atoms with E-state index in [4.69, 9.17) is 0 Å². The molecule has 2 unspecified atom stereocenters. The molecule has 0 aliphatic rings. The Morgan fingerprint density at radius 2 is 1.78 bits per heavy atom. The zero-order chi connectivity index (χ0) is 19.8. The zero-order valence-electron chi connectivity index (χ0n) is 15.8. The first-order valence-electron chi connectivity index (χ1n) is 9.15. The van der Waals surface area contributed by atoms with Crippen molar-refractivity contribution >= 4 is 11.6 Å². The van der Waals surface area contributed by atoms with Crippen LogP contribution in [-0.2, 0) is 4.79 Å². The lowest BCUT2D eigenvalue weighted by Crippen LogP contribution is -2.30. The second kappa shape index (κ2) is 9.94. The Hall–Kier alpha value is -2.57. The molecule has 2 aromatic carbocycles. The highest BCUT2D eigenvalue weighted by Crippen LogP contribution is 2.27. The number of carbonyl (C=O) groups is 1. The number of aryl methyl sites for hydroxylation is 1. The molecule has 0 aliphatic carbocycles. The smallest absolute Gasteiger partial charge is 0.224 e. The fourth-order valence-electron chi connectivity index (χ4n) is 2.71. The number of aliphatic hydroxyl groups is 1. The summed E-state index contributed by atoms with van der Waals surface area (Å²) < 4.78 is 0. The Morgan fingerprint density at radius 1 is 1.07 bits per heavy atom. The van der Waals surface area contributed by atoms with Crippen LogP contribution in [0.25, 0.3) is 0 Å². The number of nitrogens with one attached hydrogen (secondary N) is 2. The number of anilines is 1. The Balaban J connectivity index is 1.66. The monoisotopic (exact) mass is 372 g/mol. The number of aliphatic hydroxyl groups excluding tert-OH is 1. The Morgan fingerprint density at radius 3 is 2.44 bits per heavy atom. The van der Waals surface area contributed by atoms with Crippen molar-refractivity contribution in [1.82, 2.24) is 5.32 Å². The van der Waals surface area contributed by atoms with Crippen molar-refractivity contribution in [1.29, 1.82) is 0 Å². The van der Waals surface area contributed by atoms with E-state index < -0.39 is 6.10 Å². The number of phenolic OH excluding ortho intramolecular Hbond substituents is 2. The number of hydrogen-bond acceptors (Lipinski definition) is 5. The van der Waals surface area contributed by atoms with E-state index in [1.165, 1.54) is 12.1 Å². The van der Waals surface area contributed by atoms with E-state index in [1.54, 1.807) is 6.07 Å². The predicted molar refractivity (Wildman–Crippen MR) is 106 cm³/mol. The molecule has 146 valence electrons. The highest BCUT2D eigenvalue weighted by atomic mass is 16.3. The van der Waals surface area contributed by atoms with Gasteiger partial charge in [-0.15, -0.1) is 0 Å². The molecule has 0 radical (unpaired) electrons. The van der Waals surface area contributed by atoms with Gasteiger partial charge >= 0.3 is 0 Å². The fourth-order valence-corrected chi connectivity index (χ4v) is 2.71. The molecule has 1 amide bonds. The summed E-state index contributed by atoms with van der Waals surface area (Å²) in [5.41, 5.74) is 2.48. The summed E-state index contributed by atoms with van der Waals surface area (Å²) in [5, 5.41) is 35.1. The SMILES string of the molecule is Cc1ccc(NC(=O)CCCC(C)NCC(O)c2ccc(O)c(O)c2)cc1. The van der Waals surface area contributed by atoms with Gasteiger partial charge in [-0.1, -0.05) is 23.8 Å². The van der Waals surface area contributed by atoms with E-state index in [9.17, 15) is 20.1 Å². The molecule has 0 spiro atoms. The number of phenols is 2. The number of hydrogen-bond donors (Lipinski definition) is 5. The minimum absolute atomic E-state index is 0.00865. The molecular weight excluding hydrogens is 344 g/mol. The number of amides is 1. The molecule has 6 nitrogen and oxygen atoms in total. The number of aromatic hydroxyl groups is 2. The first-order chi connectivity index (χ1) is 12.8. The minimum Gasteiger partial charge on any atom is -0.504 e. The summed E-state index contributed by atoms with van der Waals surface area (Å²) in [6.07, 6.45) is 1.19. The van der Waals surface area contributed by atoms with Gasteiger partial charge < -0.3 is 26.0 Å². The molecule has 0 heterocycles. The third-order valence-corrected chi connectivity index (χ3v) is 4.42. The Kier molecular flexibility index (Phi) is 7.64. The molecule has 0 saturated carbocycles.